The molecular weight excluding hydrogens is 380 g/mol. The molecule has 3 heterocycles. The molecule has 0 amide bonds. The molecule has 0 aromatic carbocycles. The summed E-state index contributed by atoms with van der Waals surface area (Å²) in [5.41, 5.74) is -2.23. The Balaban J connectivity index is 1.94. The van der Waals surface area contributed by atoms with Gasteiger partial charge in [0.05, 0.1) is 6.61 Å². The Morgan fingerprint density at radius 1 is 1.35 bits per heavy atom. The number of aliphatic hydroxyl groups excluding tert-OH is 2. The van der Waals surface area contributed by atoms with Crippen LogP contribution in [0.5, 0.6) is 0 Å². The highest BCUT2D eigenvalue weighted by atomic mass is 31.2. The molecule has 0 aliphatic carbocycles. The third-order valence-corrected chi connectivity index (χ3v) is 4.21. The van der Waals surface area contributed by atoms with Gasteiger partial charge in [-0.15, -0.1) is 0 Å². The first-order valence-electron chi connectivity index (χ1n) is 7.10. The molecule has 0 radical (unpaired) electrons. The van der Waals surface area contributed by atoms with Crippen LogP contribution in [-0.4, -0.2) is 59.5 Å². The number of fused-ring (bicyclic) bond motifs is 1. The lowest BCUT2D eigenvalue weighted by atomic mass is 10.1. The molecular formula is C12H13FN3O9P. The van der Waals surface area contributed by atoms with Crippen molar-refractivity contribution in [3.63, 3.8) is 0 Å². The molecule has 0 spiro atoms. The molecule has 2 aromatic heterocycles. The Hall–Kier alpha value is -1.99. The maximum atomic E-state index is 13.4. The quantitative estimate of drug-likeness (QED) is 0.362. The molecule has 26 heavy (non-hydrogen) atoms. The van der Waals surface area contributed by atoms with Crippen LogP contribution in [-0.2, 0) is 13.8 Å². The van der Waals surface area contributed by atoms with Crippen molar-refractivity contribution >= 4 is 18.9 Å². The zero-order valence-electron chi connectivity index (χ0n) is 12.7. The van der Waals surface area contributed by atoms with Crippen molar-refractivity contribution in [3.8, 4) is 0 Å². The summed E-state index contributed by atoms with van der Waals surface area (Å²) in [4.78, 5) is 46.3. The second-order valence-electron chi connectivity index (χ2n) is 5.51. The van der Waals surface area contributed by atoms with Crippen LogP contribution < -0.4 is 11.2 Å². The van der Waals surface area contributed by atoms with Crippen molar-refractivity contribution in [3.05, 3.63) is 38.9 Å². The van der Waals surface area contributed by atoms with E-state index in [9.17, 15) is 28.8 Å². The van der Waals surface area contributed by atoms with E-state index < -0.39 is 56.0 Å². The SMILES string of the molecule is O=c1[nH]c2nc(=O)n([C@@H]3O[C@H](COP(=O)(O)O)C(O)[C@@H]3O)cc2cc1F. The van der Waals surface area contributed by atoms with E-state index in [-0.39, 0.29) is 11.0 Å². The molecule has 2 aromatic rings. The van der Waals surface area contributed by atoms with Gasteiger partial charge in [-0.05, 0) is 6.07 Å². The molecule has 14 heteroatoms. The highest BCUT2D eigenvalue weighted by molar-refractivity contribution is 7.46. The number of phosphoric ester groups is 1. The zero-order chi connectivity index (χ0) is 19.2. The third kappa shape index (κ3) is 3.59. The Morgan fingerprint density at radius 3 is 2.69 bits per heavy atom. The number of halogens is 1. The van der Waals surface area contributed by atoms with Gasteiger partial charge in [-0.3, -0.25) is 13.9 Å². The number of nitrogens with zero attached hydrogens (tertiary/aromatic N) is 2. The average Bonchev–Trinajstić information content (AvgIpc) is 2.81. The van der Waals surface area contributed by atoms with Crippen LogP contribution in [0.15, 0.2) is 21.9 Å². The molecule has 142 valence electrons. The van der Waals surface area contributed by atoms with Crippen LogP contribution >= 0.6 is 7.82 Å². The molecule has 0 bridgehead atoms. The number of phosphoric acid groups is 1. The number of hydrogen-bond donors (Lipinski definition) is 5. The minimum absolute atomic E-state index is 0.0157. The molecule has 3 rings (SSSR count). The highest BCUT2D eigenvalue weighted by Crippen LogP contribution is 2.38. The molecule has 1 fully saturated rings. The fourth-order valence-corrected chi connectivity index (χ4v) is 2.85. The van der Waals surface area contributed by atoms with E-state index in [2.05, 4.69) is 14.5 Å². The number of aromatic amines is 1. The number of pyridine rings is 1. The predicted molar refractivity (Wildman–Crippen MR) is 80.5 cm³/mol. The van der Waals surface area contributed by atoms with E-state index in [1.807, 2.05) is 0 Å². The van der Waals surface area contributed by atoms with Gasteiger partial charge in [0.2, 0.25) is 0 Å². The summed E-state index contributed by atoms with van der Waals surface area (Å²) >= 11 is 0. The summed E-state index contributed by atoms with van der Waals surface area (Å²) in [6.45, 7) is -0.753. The largest absolute Gasteiger partial charge is 0.469 e. The maximum absolute atomic E-state index is 13.4. The standard InChI is InChI=1S/C12H13FN3O9P/c13-5-1-4-2-16(12(20)15-9(4)14-10(5)19)11-8(18)7(17)6(25-11)3-24-26(21,22)23/h1-2,6-8,11,17-18H,3H2,(H2,21,22,23)(H,14,15,19,20)/t6-,7?,8+,11-/m1/s1. The Bertz CT molecular complexity index is 1000. The van der Waals surface area contributed by atoms with E-state index in [0.29, 0.717) is 0 Å². The Morgan fingerprint density at radius 2 is 2.04 bits per heavy atom. The molecule has 1 aliphatic rings. The predicted octanol–water partition coefficient (Wildman–Crippen LogP) is -2.05. The monoisotopic (exact) mass is 393 g/mol. The van der Waals surface area contributed by atoms with Crippen molar-refractivity contribution < 1.29 is 38.2 Å². The summed E-state index contributed by atoms with van der Waals surface area (Å²) in [5, 5.41) is 20.0. The molecule has 4 atom stereocenters. The van der Waals surface area contributed by atoms with Gasteiger partial charge < -0.3 is 29.7 Å². The summed E-state index contributed by atoms with van der Waals surface area (Å²) < 4.78 is 34.4. The maximum Gasteiger partial charge on any atom is 0.469 e. The molecule has 1 saturated heterocycles. The van der Waals surface area contributed by atoms with E-state index >= 15 is 0 Å². The molecule has 0 saturated carbocycles. The summed E-state index contributed by atoms with van der Waals surface area (Å²) in [5.74, 6) is -1.12. The third-order valence-electron chi connectivity index (χ3n) is 3.73. The van der Waals surface area contributed by atoms with Crippen molar-refractivity contribution in [1.29, 1.82) is 0 Å². The van der Waals surface area contributed by atoms with E-state index in [1.54, 1.807) is 0 Å². The van der Waals surface area contributed by atoms with Crippen LogP contribution in [0.25, 0.3) is 11.0 Å². The molecule has 12 nitrogen and oxygen atoms in total. The Labute approximate surface area is 142 Å². The van der Waals surface area contributed by atoms with Gasteiger partial charge in [-0.2, -0.15) is 4.98 Å². The van der Waals surface area contributed by atoms with Crippen LogP contribution in [0.1, 0.15) is 6.23 Å². The number of aromatic nitrogens is 3. The van der Waals surface area contributed by atoms with E-state index in [4.69, 9.17) is 14.5 Å². The second-order valence-corrected chi connectivity index (χ2v) is 6.75. The minimum Gasteiger partial charge on any atom is -0.387 e. The first-order valence-corrected chi connectivity index (χ1v) is 8.63. The number of aliphatic hydroxyl groups is 2. The lowest BCUT2D eigenvalue weighted by molar-refractivity contribution is -0.0540. The summed E-state index contributed by atoms with van der Waals surface area (Å²) in [6.07, 6.45) is -5.06. The van der Waals surface area contributed by atoms with Crippen LogP contribution in [0.4, 0.5) is 4.39 Å². The Kier molecular flexibility index (Phi) is 4.79. The lowest BCUT2D eigenvalue weighted by Crippen LogP contribution is -2.36. The highest BCUT2D eigenvalue weighted by Gasteiger charge is 2.45. The van der Waals surface area contributed by atoms with Crippen LogP contribution in [0, 0.1) is 5.82 Å². The van der Waals surface area contributed by atoms with Crippen molar-refractivity contribution in [2.45, 2.75) is 24.5 Å². The lowest BCUT2D eigenvalue weighted by Gasteiger charge is -2.17. The summed E-state index contributed by atoms with van der Waals surface area (Å²) in [6, 6.07) is 0.823. The molecule has 1 unspecified atom stereocenters. The number of hydrogen-bond acceptors (Lipinski definition) is 8. The van der Waals surface area contributed by atoms with Crippen molar-refractivity contribution in [1.82, 2.24) is 14.5 Å². The van der Waals surface area contributed by atoms with E-state index in [1.165, 1.54) is 0 Å². The normalized spacial score (nSPS) is 26.5. The van der Waals surface area contributed by atoms with Gasteiger partial charge in [0.25, 0.3) is 5.56 Å². The van der Waals surface area contributed by atoms with Crippen LogP contribution in [0.2, 0.25) is 0 Å². The second kappa shape index (κ2) is 6.63. The topological polar surface area (TPSA) is 184 Å². The number of rotatable bonds is 4. The first-order chi connectivity index (χ1) is 12.1. The van der Waals surface area contributed by atoms with Gasteiger partial charge in [0.15, 0.2) is 12.0 Å². The van der Waals surface area contributed by atoms with E-state index in [0.717, 1.165) is 16.8 Å². The first kappa shape index (κ1) is 18.8. The molecule has 5 N–H and O–H groups in total. The van der Waals surface area contributed by atoms with Crippen molar-refractivity contribution in [2.24, 2.45) is 0 Å². The minimum atomic E-state index is -4.84. The van der Waals surface area contributed by atoms with Gasteiger partial charge in [0.1, 0.15) is 24.0 Å². The summed E-state index contributed by atoms with van der Waals surface area (Å²) in [7, 11) is -4.84. The van der Waals surface area contributed by atoms with Crippen molar-refractivity contribution in [2.75, 3.05) is 6.61 Å². The fourth-order valence-electron chi connectivity index (χ4n) is 2.51. The zero-order valence-corrected chi connectivity index (χ0v) is 13.6. The number of H-pyrrole nitrogens is 1. The van der Waals surface area contributed by atoms with Gasteiger partial charge in [-0.25, -0.2) is 13.8 Å². The van der Waals surface area contributed by atoms with Gasteiger partial charge in [-0.1, -0.05) is 0 Å². The molecule has 1 aliphatic heterocycles. The fraction of sp³-hybridized carbons (Fsp3) is 0.417. The number of ether oxygens (including phenoxy) is 1. The smallest absolute Gasteiger partial charge is 0.387 e. The average molecular weight is 393 g/mol. The van der Waals surface area contributed by atoms with Gasteiger partial charge in [0, 0.05) is 11.6 Å². The van der Waals surface area contributed by atoms with Crippen LogP contribution in [0.3, 0.4) is 0 Å². The number of nitrogens with one attached hydrogen (secondary N) is 1. The van der Waals surface area contributed by atoms with Gasteiger partial charge >= 0.3 is 13.5 Å².